The summed E-state index contributed by atoms with van der Waals surface area (Å²) in [4.78, 5) is 43.6. The summed E-state index contributed by atoms with van der Waals surface area (Å²) in [7, 11) is 1.79. The first-order valence-electron chi connectivity index (χ1n) is 17.1. The van der Waals surface area contributed by atoms with Crippen LogP contribution < -0.4 is 20.7 Å². The van der Waals surface area contributed by atoms with Crippen molar-refractivity contribution in [3.05, 3.63) is 54.1 Å². The van der Waals surface area contributed by atoms with E-state index in [-0.39, 0.29) is 49.3 Å². The molecule has 1 aliphatic carbocycles. The third-order valence-electron chi connectivity index (χ3n) is 9.07. The van der Waals surface area contributed by atoms with Crippen LogP contribution in [0.2, 0.25) is 0 Å². The fraction of sp³-hybridized carbons (Fsp3) is 0.583. The average Bonchev–Trinajstić information content (AvgIpc) is 3.06. The zero-order valence-corrected chi connectivity index (χ0v) is 28.4. The molecule has 1 aliphatic heterocycles. The molecule has 4 N–H and O–H groups in total. The number of urea groups is 2. The Morgan fingerprint density at radius 3 is 2.40 bits per heavy atom. The number of para-hydroxylation sites is 1. The SMILES string of the molecule is C[C@@H]1CN([C@@H](C)CO)C(=O)c2cc(NC(=O)Nc3ccccc3)ccc2O[C@@H](C)CCCCO[C@@H]1CN(C)C(=O)NC1CCCCC1. The molecule has 1 fully saturated rings. The van der Waals surface area contributed by atoms with Gasteiger partial charge in [0.05, 0.1) is 30.4 Å². The first-order chi connectivity index (χ1) is 22.6. The normalized spacial score (nSPS) is 22.2. The first kappa shape index (κ1) is 36.0. The van der Waals surface area contributed by atoms with Crippen molar-refractivity contribution in [2.45, 2.75) is 96.4 Å². The van der Waals surface area contributed by atoms with E-state index >= 15 is 0 Å². The Kier molecular flexibility index (Phi) is 13.7. The monoisotopic (exact) mass is 651 g/mol. The van der Waals surface area contributed by atoms with Crippen LogP contribution in [0, 0.1) is 5.92 Å². The number of rotatable bonds is 7. The number of carbonyl (C=O) groups excluding carboxylic acids is 3. The molecule has 1 saturated carbocycles. The van der Waals surface area contributed by atoms with Crippen LogP contribution in [0.25, 0.3) is 0 Å². The van der Waals surface area contributed by atoms with Gasteiger partial charge in [-0.05, 0) is 76.3 Å². The lowest BCUT2D eigenvalue weighted by atomic mass is 9.96. The smallest absolute Gasteiger partial charge is 0.323 e. The minimum atomic E-state index is -0.505. The van der Waals surface area contributed by atoms with Crippen molar-refractivity contribution in [3.63, 3.8) is 0 Å². The number of aliphatic hydroxyl groups is 1. The zero-order valence-electron chi connectivity index (χ0n) is 28.4. The Bertz CT molecular complexity index is 1300. The molecular weight excluding hydrogens is 598 g/mol. The molecule has 0 spiro atoms. The van der Waals surface area contributed by atoms with Gasteiger partial charge in [0.25, 0.3) is 5.91 Å². The van der Waals surface area contributed by atoms with Gasteiger partial charge in [-0.3, -0.25) is 4.79 Å². The Morgan fingerprint density at radius 2 is 1.68 bits per heavy atom. The van der Waals surface area contributed by atoms with Crippen LogP contribution in [0.1, 0.15) is 82.5 Å². The lowest BCUT2D eigenvalue weighted by molar-refractivity contribution is -0.0123. The van der Waals surface area contributed by atoms with Crippen LogP contribution in [0.5, 0.6) is 5.75 Å². The van der Waals surface area contributed by atoms with E-state index in [4.69, 9.17) is 9.47 Å². The molecule has 2 aliphatic rings. The molecule has 4 rings (SSSR count). The molecule has 5 amide bonds. The number of ether oxygens (including phenoxy) is 2. The summed E-state index contributed by atoms with van der Waals surface area (Å²) >= 11 is 0. The lowest BCUT2D eigenvalue weighted by Crippen LogP contribution is -2.50. The van der Waals surface area contributed by atoms with E-state index in [1.165, 1.54) is 6.42 Å². The second kappa shape index (κ2) is 17.9. The zero-order chi connectivity index (χ0) is 33.8. The molecule has 0 radical (unpaired) electrons. The number of carbonyl (C=O) groups is 3. The lowest BCUT2D eigenvalue weighted by Gasteiger charge is -2.36. The highest BCUT2D eigenvalue weighted by Crippen LogP contribution is 2.29. The molecule has 11 heteroatoms. The molecule has 0 saturated heterocycles. The van der Waals surface area contributed by atoms with Crippen molar-refractivity contribution in [2.75, 3.05) is 44.0 Å². The number of fused-ring (bicyclic) bond motifs is 1. The molecule has 2 aromatic rings. The van der Waals surface area contributed by atoms with Gasteiger partial charge in [-0.2, -0.15) is 0 Å². The van der Waals surface area contributed by atoms with Gasteiger partial charge in [-0.1, -0.05) is 44.4 Å². The summed E-state index contributed by atoms with van der Waals surface area (Å²) in [5.74, 6) is -0.0720. The predicted molar refractivity (Wildman–Crippen MR) is 184 cm³/mol. The number of nitrogens with zero attached hydrogens (tertiary/aromatic N) is 2. The Morgan fingerprint density at radius 1 is 0.979 bits per heavy atom. The number of hydrogen-bond acceptors (Lipinski definition) is 6. The quantitative estimate of drug-likeness (QED) is 0.286. The second-order valence-corrected chi connectivity index (χ2v) is 13.1. The van der Waals surface area contributed by atoms with E-state index in [1.807, 2.05) is 32.0 Å². The van der Waals surface area contributed by atoms with Crippen LogP contribution in [0.15, 0.2) is 48.5 Å². The molecule has 258 valence electrons. The number of nitrogens with one attached hydrogen (secondary N) is 3. The van der Waals surface area contributed by atoms with Gasteiger partial charge in [0.2, 0.25) is 0 Å². The number of benzene rings is 2. The molecule has 0 bridgehead atoms. The fourth-order valence-electron chi connectivity index (χ4n) is 6.16. The molecule has 4 atom stereocenters. The van der Waals surface area contributed by atoms with Gasteiger partial charge in [0.1, 0.15) is 5.75 Å². The van der Waals surface area contributed by atoms with E-state index in [0.717, 1.165) is 44.9 Å². The van der Waals surface area contributed by atoms with Crippen LogP contribution in [-0.4, -0.2) is 90.5 Å². The van der Waals surface area contributed by atoms with Gasteiger partial charge in [0, 0.05) is 50.1 Å². The third-order valence-corrected chi connectivity index (χ3v) is 9.07. The number of aliphatic hydroxyl groups excluding tert-OH is 1. The summed E-state index contributed by atoms with van der Waals surface area (Å²) in [6.07, 6.45) is 7.46. The molecular formula is C36H53N5O6. The standard InChI is InChI=1S/C36H53N5O6/c1-25-22-41(26(2)24-42)34(43)31-21-30(38-35(44)37-28-14-7-5-8-15-28)18-19-32(31)47-27(3)13-11-12-20-46-33(25)23-40(4)36(45)39-29-16-9-6-10-17-29/h5,7-8,14-15,18-19,21,25-27,29,33,42H,6,9-13,16-17,20,22-24H2,1-4H3,(H,39,45)(H2,37,38,44)/t25-,26+,27+,33-/m1/s1. The minimum Gasteiger partial charge on any atom is -0.490 e. The molecule has 0 aromatic heterocycles. The van der Waals surface area contributed by atoms with Crippen LogP contribution in [0.4, 0.5) is 21.0 Å². The highest BCUT2D eigenvalue weighted by atomic mass is 16.5. The van der Waals surface area contributed by atoms with Crippen molar-refractivity contribution in [1.29, 1.82) is 0 Å². The number of anilines is 2. The Labute approximate surface area is 279 Å². The Balaban J connectivity index is 1.56. The maximum Gasteiger partial charge on any atom is 0.323 e. The maximum absolute atomic E-state index is 14.3. The van der Waals surface area contributed by atoms with Crippen molar-refractivity contribution in [2.24, 2.45) is 5.92 Å². The van der Waals surface area contributed by atoms with Crippen molar-refractivity contribution < 1.29 is 29.0 Å². The van der Waals surface area contributed by atoms with Gasteiger partial charge < -0.3 is 40.3 Å². The van der Waals surface area contributed by atoms with Gasteiger partial charge in [-0.15, -0.1) is 0 Å². The first-order valence-corrected chi connectivity index (χ1v) is 17.1. The fourth-order valence-corrected chi connectivity index (χ4v) is 6.16. The summed E-state index contributed by atoms with van der Waals surface area (Å²) in [6, 6.07) is 13.3. The maximum atomic E-state index is 14.3. The van der Waals surface area contributed by atoms with Crippen molar-refractivity contribution in [3.8, 4) is 5.75 Å². The third kappa shape index (κ3) is 10.9. The van der Waals surface area contributed by atoms with E-state index in [1.54, 1.807) is 54.1 Å². The Hall–Kier alpha value is -3.83. The minimum absolute atomic E-state index is 0.111. The van der Waals surface area contributed by atoms with Gasteiger partial charge in [0.15, 0.2) is 0 Å². The molecule has 11 nitrogen and oxygen atoms in total. The molecule has 0 unspecified atom stereocenters. The largest absolute Gasteiger partial charge is 0.490 e. The van der Waals surface area contributed by atoms with Gasteiger partial charge in [-0.25, -0.2) is 9.59 Å². The average molecular weight is 652 g/mol. The number of hydrogen-bond donors (Lipinski definition) is 4. The van der Waals surface area contributed by atoms with E-state index in [0.29, 0.717) is 35.8 Å². The summed E-state index contributed by atoms with van der Waals surface area (Å²) in [5, 5.41) is 19.0. The van der Waals surface area contributed by atoms with Crippen LogP contribution >= 0.6 is 0 Å². The van der Waals surface area contributed by atoms with Crippen LogP contribution in [0.3, 0.4) is 0 Å². The number of amides is 5. The summed E-state index contributed by atoms with van der Waals surface area (Å²) in [6.45, 7) is 6.72. The summed E-state index contributed by atoms with van der Waals surface area (Å²) < 4.78 is 12.7. The van der Waals surface area contributed by atoms with E-state index in [9.17, 15) is 19.5 Å². The van der Waals surface area contributed by atoms with E-state index in [2.05, 4.69) is 16.0 Å². The topological polar surface area (TPSA) is 132 Å². The van der Waals surface area contributed by atoms with Gasteiger partial charge >= 0.3 is 12.1 Å². The highest BCUT2D eigenvalue weighted by molar-refractivity contribution is 6.02. The molecule has 47 heavy (non-hydrogen) atoms. The second-order valence-electron chi connectivity index (χ2n) is 13.1. The van der Waals surface area contributed by atoms with Crippen molar-refractivity contribution >= 4 is 29.3 Å². The van der Waals surface area contributed by atoms with Crippen LogP contribution in [-0.2, 0) is 4.74 Å². The van der Waals surface area contributed by atoms with Crippen molar-refractivity contribution in [1.82, 2.24) is 15.1 Å². The predicted octanol–water partition coefficient (Wildman–Crippen LogP) is 6.10. The molecule has 2 aromatic carbocycles. The highest BCUT2D eigenvalue weighted by Gasteiger charge is 2.31. The molecule has 1 heterocycles. The summed E-state index contributed by atoms with van der Waals surface area (Å²) in [5.41, 5.74) is 1.36. The number of likely N-dealkylation sites (N-methyl/N-ethyl adjacent to an activating group) is 1. The van der Waals surface area contributed by atoms with E-state index < -0.39 is 12.1 Å².